The van der Waals surface area contributed by atoms with Gasteiger partial charge in [-0.1, -0.05) is 48.5 Å². The normalized spacial score (nSPS) is 15.6. The van der Waals surface area contributed by atoms with E-state index in [0.717, 1.165) is 43.6 Å². The Balaban J connectivity index is 1.63. The number of carbonyl (C=O) groups excluding carboxylic acids is 1. The van der Waals surface area contributed by atoms with Crippen molar-refractivity contribution in [2.45, 2.75) is 26.7 Å². The van der Waals surface area contributed by atoms with Gasteiger partial charge < -0.3 is 20.5 Å². The van der Waals surface area contributed by atoms with E-state index in [9.17, 15) is 4.79 Å². The van der Waals surface area contributed by atoms with Crippen LogP contribution in [0.4, 0.5) is 0 Å². The van der Waals surface area contributed by atoms with Gasteiger partial charge in [-0.15, -0.1) is 0 Å². The summed E-state index contributed by atoms with van der Waals surface area (Å²) >= 11 is 0. The fourth-order valence-corrected chi connectivity index (χ4v) is 3.90. The lowest BCUT2D eigenvalue weighted by Gasteiger charge is -2.20. The second-order valence-corrected chi connectivity index (χ2v) is 8.60. The van der Waals surface area contributed by atoms with Crippen molar-refractivity contribution in [1.82, 2.24) is 20.4 Å². The van der Waals surface area contributed by atoms with Crippen molar-refractivity contribution in [2.75, 3.05) is 26.2 Å². The van der Waals surface area contributed by atoms with Crippen LogP contribution in [0.2, 0.25) is 0 Å². The highest BCUT2D eigenvalue weighted by Crippen LogP contribution is 2.23. The van der Waals surface area contributed by atoms with Crippen molar-refractivity contribution < 1.29 is 9.32 Å². The fourth-order valence-electron chi connectivity index (χ4n) is 3.90. The van der Waals surface area contributed by atoms with Crippen LogP contribution in [0.15, 0.2) is 82.0 Å². The number of aliphatic imine (C=N–C) groups is 1. The lowest BCUT2D eigenvalue weighted by atomic mass is 10.1. The van der Waals surface area contributed by atoms with Crippen molar-refractivity contribution >= 4 is 17.3 Å². The lowest BCUT2D eigenvalue weighted by Crippen LogP contribution is -2.34. The van der Waals surface area contributed by atoms with Crippen LogP contribution in [0.5, 0.6) is 0 Å². The first-order chi connectivity index (χ1) is 17.6. The topological polar surface area (TPSA) is 110 Å². The van der Waals surface area contributed by atoms with Crippen LogP contribution in [0, 0.1) is 0 Å². The van der Waals surface area contributed by atoms with Crippen LogP contribution in [0.3, 0.4) is 0 Å². The van der Waals surface area contributed by atoms with Gasteiger partial charge in [0.15, 0.2) is 0 Å². The maximum absolute atomic E-state index is 13.0. The van der Waals surface area contributed by atoms with E-state index in [1.807, 2.05) is 71.6 Å². The summed E-state index contributed by atoms with van der Waals surface area (Å²) in [5, 5.41) is 7.46. The van der Waals surface area contributed by atoms with Crippen LogP contribution >= 0.6 is 0 Å². The van der Waals surface area contributed by atoms with Gasteiger partial charge in [0.05, 0.1) is 5.71 Å². The molecule has 0 spiro atoms. The number of benzene rings is 2. The first-order valence-electron chi connectivity index (χ1n) is 12.3. The zero-order valence-corrected chi connectivity index (χ0v) is 20.8. The number of nitrogens with two attached hydrogens (primary N) is 1. The molecule has 3 aromatic rings. The van der Waals surface area contributed by atoms with Gasteiger partial charge in [-0.25, -0.2) is 4.99 Å². The fraction of sp³-hybridized carbons (Fsp3) is 0.286. The maximum atomic E-state index is 13.0. The third-order valence-corrected chi connectivity index (χ3v) is 5.83. The summed E-state index contributed by atoms with van der Waals surface area (Å²) in [7, 11) is 0. The average molecular weight is 485 g/mol. The number of allylic oxidation sites excluding steroid dienone is 3. The Morgan fingerprint density at radius 1 is 1.11 bits per heavy atom. The van der Waals surface area contributed by atoms with Gasteiger partial charge in [-0.2, -0.15) is 4.98 Å². The number of nitrogens with one attached hydrogen (secondary N) is 1. The minimum absolute atomic E-state index is 0.0477. The zero-order chi connectivity index (χ0) is 25.3. The minimum atomic E-state index is 0.0477. The van der Waals surface area contributed by atoms with Gasteiger partial charge in [-0.05, 0) is 56.7 Å². The standard InChI is InChI=1S/C28H32N6O2/c1-3-4-11-24(21-12-14-23(15-13-21)28(35)34-18-8-16-30-17-19-34)31-25(20(2)29)26-32-27(36-33-26)22-9-6-5-7-10-22/h4-7,9-15,30H,3,8,16-19,29H2,1-2H3/b11-4+,25-20+,31-24-. The first-order valence-corrected chi connectivity index (χ1v) is 12.3. The molecule has 0 aliphatic carbocycles. The van der Waals surface area contributed by atoms with Gasteiger partial charge >= 0.3 is 0 Å². The SMILES string of the molecule is CC/C=C/C(=N/C(=C(\C)N)c1noc(-c2ccccc2)n1)c1ccc(C(=O)N2CCCNCC2)cc1. The molecule has 36 heavy (non-hydrogen) atoms. The lowest BCUT2D eigenvalue weighted by molar-refractivity contribution is 0.0766. The van der Waals surface area contributed by atoms with Crippen molar-refractivity contribution in [2.24, 2.45) is 10.7 Å². The molecule has 0 radical (unpaired) electrons. The van der Waals surface area contributed by atoms with E-state index in [1.54, 1.807) is 6.92 Å². The molecule has 1 saturated heterocycles. The van der Waals surface area contributed by atoms with Crippen molar-refractivity contribution in [3.63, 3.8) is 0 Å². The third kappa shape index (κ3) is 6.14. The second kappa shape index (κ2) is 12.1. The Morgan fingerprint density at radius 3 is 2.58 bits per heavy atom. The molecule has 8 heteroatoms. The summed E-state index contributed by atoms with van der Waals surface area (Å²) in [6, 6.07) is 17.1. The molecule has 0 bridgehead atoms. The van der Waals surface area contributed by atoms with Gasteiger partial charge in [0.25, 0.3) is 11.8 Å². The molecule has 1 aliphatic rings. The van der Waals surface area contributed by atoms with Crippen LogP contribution < -0.4 is 11.1 Å². The number of rotatable bonds is 7. The number of carbonyl (C=O) groups is 1. The van der Waals surface area contributed by atoms with Crippen LogP contribution in [0.25, 0.3) is 17.2 Å². The molecule has 0 saturated carbocycles. The molecule has 0 atom stereocenters. The molecule has 0 unspecified atom stereocenters. The highest BCUT2D eigenvalue weighted by Gasteiger charge is 2.18. The third-order valence-electron chi connectivity index (χ3n) is 5.83. The number of hydrogen-bond donors (Lipinski definition) is 2. The molecule has 186 valence electrons. The van der Waals surface area contributed by atoms with Crippen molar-refractivity contribution in [3.05, 3.63) is 89.4 Å². The van der Waals surface area contributed by atoms with E-state index >= 15 is 0 Å². The molecule has 2 heterocycles. The summed E-state index contributed by atoms with van der Waals surface area (Å²) in [6.45, 7) is 7.05. The van der Waals surface area contributed by atoms with Crippen LogP contribution in [0.1, 0.15) is 48.4 Å². The molecule has 1 aliphatic heterocycles. The highest BCUT2D eigenvalue weighted by molar-refractivity contribution is 6.11. The molecule has 1 fully saturated rings. The van der Waals surface area contributed by atoms with Gasteiger partial charge in [0.2, 0.25) is 5.82 Å². The zero-order valence-electron chi connectivity index (χ0n) is 20.8. The summed E-state index contributed by atoms with van der Waals surface area (Å²) in [6.07, 6.45) is 5.77. The van der Waals surface area contributed by atoms with E-state index in [4.69, 9.17) is 15.2 Å². The first kappa shape index (κ1) is 25.1. The summed E-state index contributed by atoms with van der Waals surface area (Å²) in [5.74, 6) is 0.765. The molecular formula is C28H32N6O2. The van der Waals surface area contributed by atoms with Gasteiger partial charge in [0.1, 0.15) is 5.70 Å². The van der Waals surface area contributed by atoms with E-state index in [0.29, 0.717) is 40.9 Å². The molecule has 1 aromatic heterocycles. The molecule has 2 aromatic carbocycles. The Labute approximate surface area is 211 Å². The Kier molecular flexibility index (Phi) is 8.41. The van der Waals surface area contributed by atoms with E-state index < -0.39 is 0 Å². The summed E-state index contributed by atoms with van der Waals surface area (Å²) < 4.78 is 5.47. The summed E-state index contributed by atoms with van der Waals surface area (Å²) in [5.41, 5.74) is 10.2. The largest absolute Gasteiger partial charge is 0.400 e. The molecule has 4 rings (SSSR count). The van der Waals surface area contributed by atoms with E-state index in [1.165, 1.54) is 0 Å². The Morgan fingerprint density at radius 2 is 1.86 bits per heavy atom. The van der Waals surface area contributed by atoms with Crippen LogP contribution in [-0.2, 0) is 0 Å². The average Bonchev–Trinajstić information content (AvgIpc) is 3.23. The minimum Gasteiger partial charge on any atom is -0.400 e. The molecule has 3 N–H and O–H groups in total. The predicted molar refractivity (Wildman–Crippen MR) is 142 cm³/mol. The number of nitrogens with zero attached hydrogens (tertiary/aromatic N) is 4. The molecule has 1 amide bonds. The highest BCUT2D eigenvalue weighted by atomic mass is 16.5. The Hall–Kier alpha value is -4.04. The van der Waals surface area contributed by atoms with Crippen molar-refractivity contribution in [1.29, 1.82) is 0 Å². The monoisotopic (exact) mass is 484 g/mol. The van der Waals surface area contributed by atoms with Gasteiger partial charge in [0, 0.05) is 42.0 Å². The number of amides is 1. The quantitative estimate of drug-likeness (QED) is 0.485. The van der Waals surface area contributed by atoms with Gasteiger partial charge in [-0.3, -0.25) is 4.79 Å². The molecular weight excluding hydrogens is 452 g/mol. The predicted octanol–water partition coefficient (Wildman–Crippen LogP) is 4.27. The van der Waals surface area contributed by atoms with E-state index in [2.05, 4.69) is 22.4 Å². The number of hydrogen-bond acceptors (Lipinski definition) is 7. The summed E-state index contributed by atoms with van der Waals surface area (Å²) in [4.78, 5) is 24.2. The smallest absolute Gasteiger partial charge is 0.258 e. The van der Waals surface area contributed by atoms with Crippen LogP contribution in [-0.4, -0.2) is 52.8 Å². The maximum Gasteiger partial charge on any atom is 0.258 e. The van der Waals surface area contributed by atoms with E-state index in [-0.39, 0.29) is 5.91 Å². The second-order valence-electron chi connectivity index (χ2n) is 8.60. The number of aromatic nitrogens is 2. The Bertz CT molecular complexity index is 1250. The van der Waals surface area contributed by atoms with Crippen molar-refractivity contribution in [3.8, 4) is 11.5 Å². The molecule has 8 nitrogen and oxygen atoms in total.